The fourth-order valence-electron chi connectivity index (χ4n) is 1.58. The summed E-state index contributed by atoms with van der Waals surface area (Å²) in [5.41, 5.74) is 0.798. The second-order valence-electron chi connectivity index (χ2n) is 3.27. The van der Waals surface area contributed by atoms with Gasteiger partial charge >= 0.3 is 0 Å². The number of nitrogens with zero attached hydrogens (tertiary/aromatic N) is 2. The van der Waals surface area contributed by atoms with Gasteiger partial charge in [0, 0.05) is 29.4 Å². The monoisotopic (exact) mass is 244 g/mol. The molecule has 0 fully saturated rings. The average Bonchev–Trinajstić information content (AvgIpc) is 2.35. The molecule has 0 bridgehead atoms. The second kappa shape index (κ2) is 4.85. The lowest BCUT2D eigenvalue weighted by Gasteiger charge is -2.01. The van der Waals surface area contributed by atoms with Crippen LogP contribution >= 0.6 is 12.6 Å². The zero-order valence-electron chi connectivity index (χ0n) is 8.75. The molecule has 17 heavy (non-hydrogen) atoms. The Hall–Kier alpha value is -2.06. The molecule has 0 N–H and O–H groups in total. The minimum Gasteiger partial charge on any atom is -0.264 e. The first-order valence-corrected chi connectivity index (χ1v) is 5.48. The average molecular weight is 244 g/mol. The molecule has 0 spiro atoms. The van der Waals surface area contributed by atoms with E-state index in [0.717, 1.165) is 10.9 Å². The summed E-state index contributed by atoms with van der Waals surface area (Å²) in [5.74, 6) is 6.20. The van der Waals surface area contributed by atoms with Gasteiger partial charge in [-0.2, -0.15) is 12.6 Å². The molecule has 0 aliphatic carbocycles. The van der Waals surface area contributed by atoms with Gasteiger partial charge in [-0.15, -0.1) is 0 Å². The molecule has 84 valence electrons. The third-order valence-corrected chi connectivity index (χ3v) is 2.45. The Bertz CT molecular complexity index is 644. The Kier molecular flexibility index (Phi) is 3.26. The maximum Gasteiger partial charge on any atom is 0.278 e. The molecule has 0 unspecified atom stereocenters. The van der Waals surface area contributed by atoms with E-state index in [1.54, 1.807) is 18.3 Å². The van der Waals surface area contributed by atoms with Crippen molar-refractivity contribution in [2.45, 2.75) is 0 Å². The molecule has 0 radical (unpaired) electrons. The van der Waals surface area contributed by atoms with E-state index in [2.05, 4.69) is 29.5 Å². The predicted octanol–water partition coefficient (Wildman–Crippen LogP) is 2.42. The standard InChI is InChI=1S/C12H8N2O2S/c15-14(16)12-4-3-9(2-1-7-17)10-5-6-13-8-11(10)12/h3-6,8,17H,7H2. The molecule has 0 atom stereocenters. The van der Waals surface area contributed by atoms with E-state index >= 15 is 0 Å². The number of rotatable bonds is 1. The summed E-state index contributed by atoms with van der Waals surface area (Å²) in [5, 5.41) is 12.1. The van der Waals surface area contributed by atoms with Gasteiger partial charge < -0.3 is 0 Å². The zero-order chi connectivity index (χ0) is 12.3. The summed E-state index contributed by atoms with van der Waals surface area (Å²) in [7, 11) is 0. The van der Waals surface area contributed by atoms with Crippen LogP contribution in [-0.4, -0.2) is 15.7 Å². The van der Waals surface area contributed by atoms with Crippen LogP contribution in [0.5, 0.6) is 0 Å². The minimum atomic E-state index is -0.417. The molecule has 1 heterocycles. The number of non-ortho nitro benzene ring substituents is 1. The highest BCUT2D eigenvalue weighted by molar-refractivity contribution is 7.80. The van der Waals surface area contributed by atoms with Crippen molar-refractivity contribution in [1.29, 1.82) is 0 Å². The lowest BCUT2D eigenvalue weighted by Crippen LogP contribution is -1.91. The minimum absolute atomic E-state index is 0.0459. The SMILES string of the molecule is O=[N+]([O-])c1ccc(C#CCS)c2ccncc12. The fourth-order valence-corrected chi connectivity index (χ4v) is 1.66. The number of benzene rings is 1. The molecule has 2 aromatic rings. The van der Waals surface area contributed by atoms with Crippen molar-refractivity contribution in [2.24, 2.45) is 0 Å². The van der Waals surface area contributed by atoms with Gasteiger partial charge in [0.15, 0.2) is 0 Å². The number of aromatic nitrogens is 1. The van der Waals surface area contributed by atoms with Crippen LogP contribution < -0.4 is 0 Å². The topological polar surface area (TPSA) is 56.0 Å². The lowest BCUT2D eigenvalue weighted by molar-refractivity contribution is -0.383. The first kappa shape index (κ1) is 11.4. The molecule has 0 aliphatic heterocycles. The summed E-state index contributed by atoms with van der Waals surface area (Å²) in [6, 6.07) is 4.83. The predicted molar refractivity (Wildman–Crippen MR) is 69.1 cm³/mol. The van der Waals surface area contributed by atoms with E-state index in [-0.39, 0.29) is 5.69 Å². The van der Waals surface area contributed by atoms with Crippen molar-refractivity contribution in [3.05, 3.63) is 46.3 Å². The molecule has 1 aromatic heterocycles. The summed E-state index contributed by atoms with van der Waals surface area (Å²) in [4.78, 5) is 14.4. The Morgan fingerprint density at radius 3 is 2.88 bits per heavy atom. The van der Waals surface area contributed by atoms with Gasteiger partial charge in [0.05, 0.1) is 16.1 Å². The van der Waals surface area contributed by atoms with Gasteiger partial charge in [-0.25, -0.2) is 0 Å². The van der Waals surface area contributed by atoms with E-state index in [4.69, 9.17) is 0 Å². The number of nitro benzene ring substituents is 1. The Morgan fingerprint density at radius 1 is 1.35 bits per heavy atom. The van der Waals surface area contributed by atoms with Crippen LogP contribution in [0.1, 0.15) is 5.56 Å². The van der Waals surface area contributed by atoms with E-state index in [1.165, 1.54) is 12.3 Å². The number of hydrogen-bond donors (Lipinski definition) is 1. The van der Waals surface area contributed by atoms with Crippen molar-refractivity contribution in [2.75, 3.05) is 5.75 Å². The van der Waals surface area contributed by atoms with Gasteiger partial charge in [-0.1, -0.05) is 11.8 Å². The lowest BCUT2D eigenvalue weighted by atomic mass is 10.1. The highest BCUT2D eigenvalue weighted by Gasteiger charge is 2.13. The van der Waals surface area contributed by atoms with Crippen molar-refractivity contribution >= 4 is 29.1 Å². The molecular weight excluding hydrogens is 236 g/mol. The largest absolute Gasteiger partial charge is 0.278 e. The van der Waals surface area contributed by atoms with E-state index in [1.807, 2.05) is 0 Å². The van der Waals surface area contributed by atoms with Crippen LogP contribution in [0.25, 0.3) is 10.8 Å². The first-order valence-electron chi connectivity index (χ1n) is 4.85. The smallest absolute Gasteiger partial charge is 0.264 e. The van der Waals surface area contributed by atoms with Gasteiger partial charge in [0.2, 0.25) is 0 Å². The Labute approximate surface area is 103 Å². The third kappa shape index (κ3) is 2.22. The summed E-state index contributed by atoms with van der Waals surface area (Å²) in [6.07, 6.45) is 3.08. The van der Waals surface area contributed by atoms with Crippen molar-refractivity contribution < 1.29 is 4.92 Å². The van der Waals surface area contributed by atoms with Crippen molar-refractivity contribution in [1.82, 2.24) is 4.98 Å². The highest BCUT2D eigenvalue weighted by Crippen LogP contribution is 2.26. The fraction of sp³-hybridized carbons (Fsp3) is 0.0833. The summed E-state index contributed by atoms with van der Waals surface area (Å²) >= 11 is 4.00. The van der Waals surface area contributed by atoms with Gasteiger partial charge in [0.25, 0.3) is 5.69 Å². The maximum atomic E-state index is 10.9. The number of fused-ring (bicyclic) bond motifs is 1. The zero-order valence-corrected chi connectivity index (χ0v) is 9.65. The molecule has 0 saturated heterocycles. The van der Waals surface area contributed by atoms with Crippen LogP contribution in [0.4, 0.5) is 5.69 Å². The van der Waals surface area contributed by atoms with Crippen LogP contribution in [0.3, 0.4) is 0 Å². The van der Waals surface area contributed by atoms with Gasteiger partial charge in [0.1, 0.15) is 0 Å². The van der Waals surface area contributed by atoms with E-state index in [0.29, 0.717) is 11.1 Å². The van der Waals surface area contributed by atoms with Gasteiger partial charge in [-0.05, 0) is 12.1 Å². The molecule has 2 rings (SSSR count). The Morgan fingerprint density at radius 2 is 2.18 bits per heavy atom. The number of hydrogen-bond acceptors (Lipinski definition) is 4. The summed E-state index contributed by atoms with van der Waals surface area (Å²) in [6.45, 7) is 0. The molecular formula is C12H8N2O2S. The first-order chi connectivity index (χ1) is 8.24. The molecule has 0 amide bonds. The van der Waals surface area contributed by atoms with Crippen LogP contribution in [0.2, 0.25) is 0 Å². The van der Waals surface area contributed by atoms with Crippen LogP contribution in [0, 0.1) is 22.0 Å². The van der Waals surface area contributed by atoms with E-state index in [9.17, 15) is 10.1 Å². The number of thiol groups is 1. The molecule has 5 heteroatoms. The summed E-state index contributed by atoms with van der Waals surface area (Å²) < 4.78 is 0. The van der Waals surface area contributed by atoms with Crippen LogP contribution in [0.15, 0.2) is 30.6 Å². The normalized spacial score (nSPS) is 9.71. The van der Waals surface area contributed by atoms with Gasteiger partial charge in [-0.3, -0.25) is 15.1 Å². The molecule has 0 saturated carbocycles. The molecule has 1 aromatic carbocycles. The maximum absolute atomic E-state index is 10.9. The van der Waals surface area contributed by atoms with Crippen LogP contribution in [-0.2, 0) is 0 Å². The quantitative estimate of drug-likeness (QED) is 0.363. The van der Waals surface area contributed by atoms with Crippen molar-refractivity contribution in [3.63, 3.8) is 0 Å². The van der Waals surface area contributed by atoms with E-state index < -0.39 is 4.92 Å². The van der Waals surface area contributed by atoms with Crippen molar-refractivity contribution in [3.8, 4) is 11.8 Å². The number of pyridine rings is 1. The highest BCUT2D eigenvalue weighted by atomic mass is 32.1. The molecule has 4 nitrogen and oxygen atoms in total. The second-order valence-corrected chi connectivity index (χ2v) is 3.59. The molecule has 0 aliphatic rings. The number of nitro groups is 1. The Balaban J connectivity index is 2.75. The third-order valence-electron chi connectivity index (χ3n) is 2.29.